The van der Waals surface area contributed by atoms with Crippen molar-refractivity contribution in [2.75, 3.05) is 7.11 Å². The number of rotatable bonds is 4. The zero-order valence-electron chi connectivity index (χ0n) is 11.3. The predicted octanol–water partition coefficient (Wildman–Crippen LogP) is 4.96. The van der Waals surface area contributed by atoms with Crippen molar-refractivity contribution in [2.24, 2.45) is 0 Å². The fourth-order valence-corrected chi connectivity index (χ4v) is 2.73. The van der Waals surface area contributed by atoms with E-state index in [1.165, 1.54) is 18.2 Å². The quantitative estimate of drug-likeness (QED) is 0.714. The van der Waals surface area contributed by atoms with E-state index in [4.69, 9.17) is 4.74 Å². The Morgan fingerprint density at radius 1 is 1.15 bits per heavy atom. The molecule has 20 heavy (non-hydrogen) atoms. The monoisotopic (exact) mass is 340 g/mol. The van der Waals surface area contributed by atoms with Crippen LogP contribution in [0.15, 0.2) is 36.4 Å². The molecule has 2 aromatic rings. The van der Waals surface area contributed by atoms with Crippen LogP contribution in [0, 0.1) is 18.6 Å². The van der Waals surface area contributed by atoms with Crippen LogP contribution in [0.5, 0.6) is 5.75 Å². The smallest absolute Gasteiger partial charge is 0.129 e. The Labute approximate surface area is 125 Å². The van der Waals surface area contributed by atoms with Gasteiger partial charge in [0.2, 0.25) is 0 Å². The zero-order chi connectivity index (χ0) is 14.7. The van der Waals surface area contributed by atoms with Gasteiger partial charge in [0, 0.05) is 10.4 Å². The Morgan fingerprint density at radius 3 is 2.35 bits per heavy atom. The normalized spacial score (nSPS) is 12.2. The Kier molecular flexibility index (Phi) is 4.76. The van der Waals surface area contributed by atoms with Crippen LogP contribution in [0.4, 0.5) is 8.78 Å². The molecule has 0 amide bonds. The first kappa shape index (κ1) is 15.0. The van der Waals surface area contributed by atoms with Crippen molar-refractivity contribution >= 4 is 15.9 Å². The van der Waals surface area contributed by atoms with Gasteiger partial charge in [-0.1, -0.05) is 34.1 Å². The number of hydrogen-bond acceptors (Lipinski definition) is 1. The van der Waals surface area contributed by atoms with E-state index in [-0.39, 0.29) is 16.8 Å². The van der Waals surface area contributed by atoms with E-state index in [1.807, 2.05) is 25.1 Å². The Hall–Kier alpha value is -1.42. The Balaban J connectivity index is 2.24. The van der Waals surface area contributed by atoms with E-state index >= 15 is 0 Å². The van der Waals surface area contributed by atoms with Gasteiger partial charge in [-0.05, 0) is 42.7 Å². The number of alkyl halides is 1. The minimum atomic E-state index is -0.514. The molecule has 0 heterocycles. The van der Waals surface area contributed by atoms with E-state index in [1.54, 1.807) is 7.11 Å². The molecule has 2 aromatic carbocycles. The summed E-state index contributed by atoms with van der Waals surface area (Å²) < 4.78 is 32.5. The standard InChI is InChI=1S/C16H15BrF2O/c1-10-8-11(6-7-16(10)20-2)13(17)9-12-14(18)4-3-5-15(12)19/h3-8,13H,9H2,1-2H3. The number of methoxy groups -OCH3 is 1. The van der Waals surface area contributed by atoms with Crippen LogP contribution in [0.1, 0.15) is 21.5 Å². The van der Waals surface area contributed by atoms with Crippen molar-refractivity contribution in [3.05, 3.63) is 64.7 Å². The number of benzene rings is 2. The number of hydrogen-bond donors (Lipinski definition) is 0. The van der Waals surface area contributed by atoms with Crippen LogP contribution >= 0.6 is 15.9 Å². The van der Waals surface area contributed by atoms with E-state index in [0.717, 1.165) is 16.9 Å². The largest absolute Gasteiger partial charge is 0.496 e. The van der Waals surface area contributed by atoms with E-state index < -0.39 is 11.6 Å². The van der Waals surface area contributed by atoms with Crippen molar-refractivity contribution in [2.45, 2.75) is 18.2 Å². The highest BCUT2D eigenvalue weighted by molar-refractivity contribution is 9.09. The number of ether oxygens (including phenoxy) is 1. The van der Waals surface area contributed by atoms with Crippen LogP contribution in [0.25, 0.3) is 0 Å². The highest BCUT2D eigenvalue weighted by Crippen LogP contribution is 2.31. The van der Waals surface area contributed by atoms with Gasteiger partial charge in [-0.2, -0.15) is 0 Å². The summed E-state index contributed by atoms with van der Waals surface area (Å²) in [4.78, 5) is -0.154. The van der Waals surface area contributed by atoms with Crippen LogP contribution in [0.2, 0.25) is 0 Å². The second kappa shape index (κ2) is 6.35. The van der Waals surface area contributed by atoms with Crippen LogP contribution in [0.3, 0.4) is 0 Å². The van der Waals surface area contributed by atoms with E-state index in [2.05, 4.69) is 15.9 Å². The molecule has 0 aliphatic rings. The summed E-state index contributed by atoms with van der Waals surface area (Å²) in [5.41, 5.74) is 2.05. The second-order valence-corrected chi connectivity index (χ2v) is 5.71. The Bertz CT molecular complexity index is 593. The molecule has 2 rings (SSSR count). The molecule has 0 aliphatic carbocycles. The molecule has 0 aromatic heterocycles. The van der Waals surface area contributed by atoms with E-state index in [9.17, 15) is 8.78 Å². The highest BCUT2D eigenvalue weighted by Gasteiger charge is 2.16. The highest BCUT2D eigenvalue weighted by atomic mass is 79.9. The first-order valence-electron chi connectivity index (χ1n) is 6.24. The van der Waals surface area contributed by atoms with Crippen molar-refractivity contribution in [1.82, 2.24) is 0 Å². The summed E-state index contributed by atoms with van der Waals surface area (Å²) in [6.45, 7) is 1.94. The second-order valence-electron chi connectivity index (χ2n) is 4.60. The van der Waals surface area contributed by atoms with Crippen molar-refractivity contribution in [1.29, 1.82) is 0 Å². The predicted molar refractivity (Wildman–Crippen MR) is 79.5 cm³/mol. The molecule has 0 fully saturated rings. The van der Waals surface area contributed by atoms with Gasteiger partial charge in [0.15, 0.2) is 0 Å². The molecule has 0 N–H and O–H groups in total. The number of halogens is 3. The molecule has 0 spiro atoms. The molecular weight excluding hydrogens is 326 g/mol. The molecular formula is C16H15BrF2O. The summed E-state index contributed by atoms with van der Waals surface area (Å²) >= 11 is 3.50. The third kappa shape index (κ3) is 3.18. The molecule has 1 nitrogen and oxygen atoms in total. The molecule has 0 saturated carbocycles. The van der Waals surface area contributed by atoms with E-state index in [0.29, 0.717) is 0 Å². The third-order valence-corrected chi connectivity index (χ3v) is 4.08. The van der Waals surface area contributed by atoms with Gasteiger partial charge in [0.25, 0.3) is 0 Å². The maximum atomic E-state index is 13.6. The molecule has 1 atom stereocenters. The SMILES string of the molecule is COc1ccc(C(Br)Cc2c(F)cccc2F)cc1C. The molecule has 4 heteroatoms. The summed E-state index contributed by atoms with van der Waals surface area (Å²) in [7, 11) is 1.61. The van der Waals surface area contributed by atoms with Crippen molar-refractivity contribution < 1.29 is 13.5 Å². The summed E-state index contributed by atoms with van der Waals surface area (Å²) in [5.74, 6) is -0.232. The molecule has 0 radical (unpaired) electrons. The van der Waals surface area contributed by atoms with Gasteiger partial charge in [-0.25, -0.2) is 8.78 Å². The lowest BCUT2D eigenvalue weighted by molar-refractivity contribution is 0.411. The van der Waals surface area contributed by atoms with Gasteiger partial charge in [-0.3, -0.25) is 0 Å². The summed E-state index contributed by atoms with van der Waals surface area (Å²) in [6, 6.07) is 9.63. The number of aryl methyl sites for hydroxylation is 1. The molecule has 106 valence electrons. The topological polar surface area (TPSA) is 9.23 Å². The maximum Gasteiger partial charge on any atom is 0.129 e. The lowest BCUT2D eigenvalue weighted by Gasteiger charge is -2.14. The summed E-state index contributed by atoms with van der Waals surface area (Å²) in [5, 5.41) is 0. The van der Waals surface area contributed by atoms with Gasteiger partial charge in [0.1, 0.15) is 17.4 Å². The zero-order valence-corrected chi connectivity index (χ0v) is 12.9. The van der Waals surface area contributed by atoms with Crippen LogP contribution < -0.4 is 4.74 Å². The summed E-state index contributed by atoms with van der Waals surface area (Å²) in [6.07, 6.45) is 0.254. The van der Waals surface area contributed by atoms with Crippen molar-refractivity contribution in [3.63, 3.8) is 0 Å². The minimum absolute atomic E-state index is 0.0999. The molecule has 1 unspecified atom stereocenters. The van der Waals surface area contributed by atoms with Gasteiger partial charge >= 0.3 is 0 Å². The Morgan fingerprint density at radius 2 is 1.80 bits per heavy atom. The average molecular weight is 341 g/mol. The average Bonchev–Trinajstić information content (AvgIpc) is 2.42. The lowest BCUT2D eigenvalue weighted by Crippen LogP contribution is -2.02. The van der Waals surface area contributed by atoms with Gasteiger partial charge in [0.05, 0.1) is 7.11 Å². The fourth-order valence-electron chi connectivity index (χ4n) is 2.12. The van der Waals surface area contributed by atoms with Gasteiger partial charge in [-0.15, -0.1) is 0 Å². The third-order valence-electron chi connectivity index (χ3n) is 3.23. The minimum Gasteiger partial charge on any atom is -0.496 e. The van der Waals surface area contributed by atoms with Gasteiger partial charge < -0.3 is 4.74 Å². The lowest BCUT2D eigenvalue weighted by atomic mass is 10.0. The molecule has 0 saturated heterocycles. The van der Waals surface area contributed by atoms with Crippen LogP contribution in [-0.2, 0) is 6.42 Å². The maximum absolute atomic E-state index is 13.6. The first-order chi connectivity index (χ1) is 9.52. The van der Waals surface area contributed by atoms with Crippen molar-refractivity contribution in [3.8, 4) is 5.75 Å². The van der Waals surface area contributed by atoms with Crippen LogP contribution in [-0.4, -0.2) is 7.11 Å². The molecule has 0 bridgehead atoms. The first-order valence-corrected chi connectivity index (χ1v) is 7.16. The fraction of sp³-hybridized carbons (Fsp3) is 0.250. The molecule has 0 aliphatic heterocycles.